The minimum atomic E-state index is -0.181. The molecule has 160 valence electrons. The van der Waals surface area contributed by atoms with Crippen molar-refractivity contribution >= 4 is 35.6 Å². The summed E-state index contributed by atoms with van der Waals surface area (Å²) in [6.07, 6.45) is 2.14. The number of hydrogen-bond acceptors (Lipinski definition) is 4. The summed E-state index contributed by atoms with van der Waals surface area (Å²) in [6, 6.07) is 6.77. The zero-order valence-electron chi connectivity index (χ0n) is 17.1. The average Bonchev–Trinajstić information content (AvgIpc) is 2.70. The molecule has 6 nitrogen and oxygen atoms in total. The summed E-state index contributed by atoms with van der Waals surface area (Å²) in [5.74, 6) is 0.677. The molecule has 0 radical (unpaired) electrons. The molecule has 0 aliphatic carbocycles. The van der Waals surface area contributed by atoms with Crippen LogP contribution in [0.15, 0.2) is 29.3 Å². The Kier molecular flexibility index (Phi) is 13.2. The highest BCUT2D eigenvalue weighted by Gasteiger charge is 2.16. The van der Waals surface area contributed by atoms with Crippen LogP contribution in [0.3, 0.4) is 0 Å². The topological polar surface area (TPSA) is 52.1 Å². The molecule has 0 aromatic heterocycles. The Morgan fingerprint density at radius 2 is 1.75 bits per heavy atom. The van der Waals surface area contributed by atoms with Gasteiger partial charge in [-0.05, 0) is 44.0 Å². The number of piperazine rings is 1. The predicted octanol–water partition coefficient (Wildman–Crippen LogP) is 2.55. The van der Waals surface area contributed by atoms with Gasteiger partial charge in [0.05, 0.1) is 0 Å². The molecule has 0 bridgehead atoms. The van der Waals surface area contributed by atoms with Crippen LogP contribution in [-0.4, -0.2) is 76.9 Å². The van der Waals surface area contributed by atoms with Crippen LogP contribution in [0.25, 0.3) is 0 Å². The Balaban J connectivity index is 0.00000392. The summed E-state index contributed by atoms with van der Waals surface area (Å²) in [5.41, 5.74) is 1.10. The number of hydrogen-bond donors (Lipinski definition) is 2. The van der Waals surface area contributed by atoms with E-state index in [0.717, 1.165) is 83.5 Å². The lowest BCUT2D eigenvalue weighted by Gasteiger charge is -2.36. The monoisotopic (exact) mass is 507 g/mol. The SMILES string of the molecule is CCOCCCCNC(=NC)NCCN1CCN(c2ccc(F)cc2)CC1.I. The molecule has 1 aliphatic heterocycles. The molecule has 1 aliphatic rings. The van der Waals surface area contributed by atoms with Crippen molar-refractivity contribution in [3.63, 3.8) is 0 Å². The van der Waals surface area contributed by atoms with Gasteiger partial charge in [0.2, 0.25) is 0 Å². The van der Waals surface area contributed by atoms with Gasteiger partial charge in [0.25, 0.3) is 0 Å². The molecule has 8 heteroatoms. The minimum absolute atomic E-state index is 0. The van der Waals surface area contributed by atoms with Crippen LogP contribution in [0.5, 0.6) is 0 Å². The first-order valence-electron chi connectivity index (χ1n) is 9.98. The fraction of sp³-hybridized carbons (Fsp3) is 0.650. The van der Waals surface area contributed by atoms with Gasteiger partial charge in [-0.25, -0.2) is 4.39 Å². The number of aliphatic imine (C=N–C) groups is 1. The number of benzene rings is 1. The number of nitrogens with one attached hydrogen (secondary N) is 2. The van der Waals surface area contributed by atoms with E-state index in [-0.39, 0.29) is 29.8 Å². The first-order chi connectivity index (χ1) is 13.2. The zero-order valence-corrected chi connectivity index (χ0v) is 19.5. The normalized spacial score (nSPS) is 15.2. The van der Waals surface area contributed by atoms with E-state index in [1.807, 2.05) is 19.1 Å². The van der Waals surface area contributed by atoms with Gasteiger partial charge in [-0.15, -0.1) is 24.0 Å². The summed E-state index contributed by atoms with van der Waals surface area (Å²) in [7, 11) is 1.80. The maximum absolute atomic E-state index is 13.0. The van der Waals surface area contributed by atoms with E-state index in [1.165, 1.54) is 12.1 Å². The molecule has 1 fully saturated rings. The number of anilines is 1. The Labute approximate surface area is 185 Å². The van der Waals surface area contributed by atoms with Crippen molar-refractivity contribution in [1.29, 1.82) is 0 Å². The van der Waals surface area contributed by atoms with Crippen LogP contribution in [0.1, 0.15) is 19.8 Å². The summed E-state index contributed by atoms with van der Waals surface area (Å²) >= 11 is 0. The number of nitrogens with zero attached hydrogens (tertiary/aromatic N) is 3. The quantitative estimate of drug-likeness (QED) is 0.221. The van der Waals surface area contributed by atoms with E-state index in [9.17, 15) is 4.39 Å². The standard InChI is InChI=1S/C20H34FN5O.HI/c1-3-27-17-5-4-10-23-20(22-2)24-11-12-25-13-15-26(16-14-25)19-8-6-18(21)7-9-19;/h6-9H,3-5,10-17H2,1-2H3,(H2,22,23,24);1H. The second kappa shape index (κ2) is 14.8. The minimum Gasteiger partial charge on any atom is -0.382 e. The van der Waals surface area contributed by atoms with Gasteiger partial charge >= 0.3 is 0 Å². The van der Waals surface area contributed by atoms with Crippen molar-refractivity contribution in [2.75, 3.05) is 71.0 Å². The van der Waals surface area contributed by atoms with Crippen molar-refractivity contribution < 1.29 is 9.13 Å². The lowest BCUT2D eigenvalue weighted by atomic mass is 10.2. The molecule has 2 N–H and O–H groups in total. The van der Waals surface area contributed by atoms with Crippen molar-refractivity contribution in [1.82, 2.24) is 15.5 Å². The van der Waals surface area contributed by atoms with Crippen LogP contribution >= 0.6 is 24.0 Å². The second-order valence-electron chi connectivity index (χ2n) is 6.63. The molecular formula is C20H35FIN5O. The molecule has 2 rings (SSSR count). The van der Waals surface area contributed by atoms with Gasteiger partial charge in [0.1, 0.15) is 5.82 Å². The highest BCUT2D eigenvalue weighted by atomic mass is 127. The first kappa shape index (κ1) is 24.9. The summed E-state index contributed by atoms with van der Waals surface area (Å²) < 4.78 is 18.4. The van der Waals surface area contributed by atoms with Gasteiger partial charge < -0.3 is 20.3 Å². The highest BCUT2D eigenvalue weighted by Crippen LogP contribution is 2.16. The molecule has 0 atom stereocenters. The predicted molar refractivity (Wildman–Crippen MR) is 126 cm³/mol. The Morgan fingerprint density at radius 3 is 2.39 bits per heavy atom. The molecule has 0 saturated carbocycles. The molecule has 28 heavy (non-hydrogen) atoms. The molecule has 0 amide bonds. The van der Waals surface area contributed by atoms with Gasteiger partial charge in [-0.3, -0.25) is 9.89 Å². The zero-order chi connectivity index (χ0) is 19.3. The second-order valence-corrected chi connectivity index (χ2v) is 6.63. The number of guanidine groups is 1. The van der Waals surface area contributed by atoms with Crippen LogP contribution in [0, 0.1) is 5.82 Å². The number of ether oxygens (including phenoxy) is 1. The summed E-state index contributed by atoms with van der Waals surface area (Å²) in [4.78, 5) is 9.03. The Morgan fingerprint density at radius 1 is 1.07 bits per heavy atom. The number of unbranched alkanes of at least 4 members (excludes halogenated alkanes) is 1. The molecule has 1 saturated heterocycles. The lowest BCUT2D eigenvalue weighted by molar-refractivity contribution is 0.143. The van der Waals surface area contributed by atoms with E-state index in [2.05, 4.69) is 25.4 Å². The third kappa shape index (κ3) is 9.38. The molecule has 1 aromatic carbocycles. The van der Waals surface area contributed by atoms with Crippen LogP contribution in [-0.2, 0) is 4.74 Å². The molecule has 0 spiro atoms. The smallest absolute Gasteiger partial charge is 0.191 e. The molecule has 1 heterocycles. The van der Waals surface area contributed by atoms with Gasteiger partial charge in [-0.2, -0.15) is 0 Å². The molecule has 0 unspecified atom stereocenters. The van der Waals surface area contributed by atoms with Crippen LogP contribution in [0.2, 0.25) is 0 Å². The van der Waals surface area contributed by atoms with Gasteiger partial charge in [0, 0.05) is 71.8 Å². The Hall–Kier alpha value is -1.13. The Bertz CT molecular complexity index is 550. The van der Waals surface area contributed by atoms with Crippen LogP contribution in [0.4, 0.5) is 10.1 Å². The third-order valence-electron chi connectivity index (χ3n) is 4.72. The molecule has 1 aromatic rings. The maximum atomic E-state index is 13.0. The first-order valence-corrected chi connectivity index (χ1v) is 9.98. The lowest BCUT2D eigenvalue weighted by Crippen LogP contribution is -2.49. The van der Waals surface area contributed by atoms with Gasteiger partial charge in [0.15, 0.2) is 5.96 Å². The maximum Gasteiger partial charge on any atom is 0.191 e. The van der Waals surface area contributed by atoms with Crippen molar-refractivity contribution in [3.05, 3.63) is 30.1 Å². The number of rotatable bonds is 10. The average molecular weight is 507 g/mol. The van der Waals surface area contributed by atoms with E-state index in [1.54, 1.807) is 7.05 Å². The summed E-state index contributed by atoms with van der Waals surface area (Å²) in [6.45, 7) is 10.4. The molecular weight excluding hydrogens is 472 g/mol. The van der Waals surface area contributed by atoms with Crippen LogP contribution < -0.4 is 15.5 Å². The fourth-order valence-electron chi connectivity index (χ4n) is 3.11. The number of halogens is 2. The van der Waals surface area contributed by atoms with Crippen molar-refractivity contribution in [3.8, 4) is 0 Å². The van der Waals surface area contributed by atoms with Crippen molar-refractivity contribution in [2.45, 2.75) is 19.8 Å². The van der Waals surface area contributed by atoms with Gasteiger partial charge in [-0.1, -0.05) is 0 Å². The van der Waals surface area contributed by atoms with E-state index < -0.39 is 0 Å². The summed E-state index contributed by atoms with van der Waals surface area (Å²) in [5, 5.41) is 6.72. The van der Waals surface area contributed by atoms with E-state index in [4.69, 9.17) is 4.74 Å². The highest BCUT2D eigenvalue weighted by molar-refractivity contribution is 14.0. The van der Waals surface area contributed by atoms with E-state index in [0.29, 0.717) is 0 Å². The van der Waals surface area contributed by atoms with E-state index >= 15 is 0 Å². The fourth-order valence-corrected chi connectivity index (χ4v) is 3.11. The third-order valence-corrected chi connectivity index (χ3v) is 4.72. The largest absolute Gasteiger partial charge is 0.382 e. The van der Waals surface area contributed by atoms with Crippen molar-refractivity contribution in [2.24, 2.45) is 4.99 Å².